The molecule has 3 rings (SSSR count). The van der Waals surface area contributed by atoms with Gasteiger partial charge in [-0.25, -0.2) is 4.98 Å². The molecule has 2 N–H and O–H groups in total. The van der Waals surface area contributed by atoms with E-state index in [0.717, 1.165) is 69.4 Å². The summed E-state index contributed by atoms with van der Waals surface area (Å²) in [7, 11) is 1.86. The molecule has 2 heterocycles. The Morgan fingerprint density at radius 1 is 1.10 bits per heavy atom. The molecule has 1 aromatic heterocycles. The summed E-state index contributed by atoms with van der Waals surface area (Å²) in [6, 6.07) is 6.73. The first-order valence-electron chi connectivity index (χ1n) is 12.0. The van der Waals surface area contributed by atoms with E-state index < -0.39 is 0 Å². The highest BCUT2D eigenvalue weighted by atomic mass is 127. The van der Waals surface area contributed by atoms with E-state index in [-0.39, 0.29) is 24.0 Å². The number of piperidine rings is 1. The van der Waals surface area contributed by atoms with Crippen LogP contribution in [0.25, 0.3) is 0 Å². The number of aryl methyl sites for hydroxylation is 1. The number of unbranched alkanes of at least 4 members (excludes halogenated alkanes) is 2. The summed E-state index contributed by atoms with van der Waals surface area (Å²) >= 11 is 0. The van der Waals surface area contributed by atoms with Gasteiger partial charge in [-0.3, -0.25) is 4.99 Å². The Balaban J connectivity index is 0.00000341. The maximum atomic E-state index is 6.01. The first kappa shape index (κ1) is 26.2. The Bertz CT molecular complexity index is 643. The molecular weight excluding hydrogens is 501 g/mol. The summed E-state index contributed by atoms with van der Waals surface area (Å²) in [5.74, 6) is 2.03. The topological polar surface area (TPSA) is 61.8 Å². The van der Waals surface area contributed by atoms with E-state index in [1.165, 1.54) is 38.5 Å². The minimum absolute atomic E-state index is 0. The Morgan fingerprint density at radius 2 is 1.87 bits per heavy atom. The Hall–Kier alpha value is -1.09. The number of nitrogens with one attached hydrogen (secondary N) is 2. The number of ether oxygens (including phenoxy) is 1. The van der Waals surface area contributed by atoms with Gasteiger partial charge in [0, 0.05) is 45.0 Å². The van der Waals surface area contributed by atoms with Crippen molar-refractivity contribution in [2.75, 3.05) is 38.2 Å². The van der Waals surface area contributed by atoms with Crippen LogP contribution in [0.2, 0.25) is 0 Å². The van der Waals surface area contributed by atoms with Gasteiger partial charge < -0.3 is 20.3 Å². The van der Waals surface area contributed by atoms with E-state index in [1.807, 2.05) is 7.05 Å². The number of nitrogens with zero attached hydrogens (tertiary/aromatic N) is 3. The lowest BCUT2D eigenvalue weighted by Gasteiger charge is -2.34. The number of hydrogen-bond donors (Lipinski definition) is 2. The first-order chi connectivity index (χ1) is 14.7. The fourth-order valence-corrected chi connectivity index (χ4v) is 4.44. The third-order valence-electron chi connectivity index (χ3n) is 6.28. The Labute approximate surface area is 206 Å². The van der Waals surface area contributed by atoms with Crippen molar-refractivity contribution in [1.29, 1.82) is 0 Å². The molecule has 0 atom stereocenters. The van der Waals surface area contributed by atoms with Gasteiger partial charge in [0.15, 0.2) is 5.96 Å². The number of aromatic nitrogens is 1. The van der Waals surface area contributed by atoms with Crippen LogP contribution in [0.15, 0.2) is 23.2 Å². The molecule has 1 saturated heterocycles. The smallest absolute Gasteiger partial charge is 0.191 e. The van der Waals surface area contributed by atoms with Gasteiger partial charge >= 0.3 is 0 Å². The van der Waals surface area contributed by atoms with Gasteiger partial charge in [-0.1, -0.05) is 25.3 Å². The van der Waals surface area contributed by atoms with Crippen LogP contribution in [0.1, 0.15) is 69.9 Å². The van der Waals surface area contributed by atoms with Crippen molar-refractivity contribution in [3.05, 3.63) is 23.9 Å². The van der Waals surface area contributed by atoms with Crippen molar-refractivity contribution in [3.8, 4) is 0 Å². The number of halogens is 1. The van der Waals surface area contributed by atoms with Gasteiger partial charge in [-0.2, -0.15) is 0 Å². The van der Waals surface area contributed by atoms with Crippen LogP contribution in [0.3, 0.4) is 0 Å². The molecule has 1 saturated carbocycles. The predicted octanol–water partition coefficient (Wildman–Crippen LogP) is 4.66. The molecule has 1 aliphatic heterocycles. The second-order valence-corrected chi connectivity index (χ2v) is 8.73. The highest BCUT2D eigenvalue weighted by Gasteiger charge is 2.21. The molecule has 0 spiro atoms. The van der Waals surface area contributed by atoms with Crippen LogP contribution in [-0.4, -0.2) is 56.4 Å². The molecule has 2 aliphatic rings. The van der Waals surface area contributed by atoms with Crippen LogP contribution in [0, 0.1) is 6.92 Å². The Morgan fingerprint density at radius 3 is 2.58 bits per heavy atom. The summed E-state index contributed by atoms with van der Waals surface area (Å²) in [5, 5.41) is 7.08. The molecule has 2 fully saturated rings. The molecular formula is C24H42IN5O. The van der Waals surface area contributed by atoms with Gasteiger partial charge in [-0.15, -0.1) is 24.0 Å². The summed E-state index contributed by atoms with van der Waals surface area (Å²) in [6.07, 6.45) is 12.9. The van der Waals surface area contributed by atoms with Crippen molar-refractivity contribution >= 4 is 35.8 Å². The van der Waals surface area contributed by atoms with E-state index in [2.05, 4.69) is 50.6 Å². The van der Waals surface area contributed by atoms with Crippen LogP contribution in [0.5, 0.6) is 0 Å². The molecule has 0 aromatic carbocycles. The van der Waals surface area contributed by atoms with Crippen LogP contribution in [-0.2, 0) is 4.74 Å². The Kier molecular flexibility index (Phi) is 12.6. The lowest BCUT2D eigenvalue weighted by molar-refractivity contribution is 0.0264. The zero-order valence-electron chi connectivity index (χ0n) is 19.4. The number of pyridine rings is 1. The highest BCUT2D eigenvalue weighted by Crippen LogP contribution is 2.20. The van der Waals surface area contributed by atoms with Crippen molar-refractivity contribution in [3.63, 3.8) is 0 Å². The number of rotatable bonds is 9. The van der Waals surface area contributed by atoms with Gasteiger partial charge in [0.25, 0.3) is 0 Å². The molecule has 1 aliphatic carbocycles. The van der Waals surface area contributed by atoms with Crippen LogP contribution < -0.4 is 15.5 Å². The average Bonchev–Trinajstić information content (AvgIpc) is 2.79. The lowest BCUT2D eigenvalue weighted by Crippen LogP contribution is -2.49. The summed E-state index contributed by atoms with van der Waals surface area (Å²) in [5.41, 5.74) is 1.08. The van der Waals surface area contributed by atoms with Crippen LogP contribution in [0.4, 0.5) is 5.82 Å². The van der Waals surface area contributed by atoms with Crippen molar-refractivity contribution < 1.29 is 4.74 Å². The van der Waals surface area contributed by atoms with Gasteiger partial charge in [0.1, 0.15) is 5.82 Å². The third-order valence-corrected chi connectivity index (χ3v) is 6.28. The quantitative estimate of drug-likeness (QED) is 0.205. The van der Waals surface area contributed by atoms with E-state index in [1.54, 1.807) is 0 Å². The molecule has 6 nitrogen and oxygen atoms in total. The largest absolute Gasteiger partial charge is 0.378 e. The monoisotopic (exact) mass is 543 g/mol. The third kappa shape index (κ3) is 9.51. The SMILES string of the molecule is CN=C(NCCCCCOC1CCCCC1)NC1CCN(c2cccc(C)n2)CC1.I. The second kappa shape index (κ2) is 14.9. The number of aliphatic imine (C=N–C) groups is 1. The molecule has 0 bridgehead atoms. The van der Waals surface area contributed by atoms with Gasteiger partial charge in [0.2, 0.25) is 0 Å². The normalized spacial score (nSPS) is 18.5. The molecule has 7 heteroatoms. The summed E-state index contributed by atoms with van der Waals surface area (Å²) in [4.78, 5) is 11.5. The van der Waals surface area contributed by atoms with Gasteiger partial charge in [-0.05, 0) is 64.0 Å². The molecule has 1 aromatic rings. The lowest BCUT2D eigenvalue weighted by atomic mass is 9.98. The maximum Gasteiger partial charge on any atom is 0.191 e. The molecule has 0 radical (unpaired) electrons. The number of anilines is 1. The first-order valence-corrected chi connectivity index (χ1v) is 12.0. The van der Waals surface area contributed by atoms with E-state index in [9.17, 15) is 0 Å². The molecule has 0 unspecified atom stereocenters. The van der Waals surface area contributed by atoms with Crippen molar-refractivity contribution in [1.82, 2.24) is 15.6 Å². The van der Waals surface area contributed by atoms with E-state index in [0.29, 0.717) is 12.1 Å². The zero-order chi connectivity index (χ0) is 21.0. The predicted molar refractivity (Wildman–Crippen MR) is 141 cm³/mol. The van der Waals surface area contributed by atoms with Gasteiger partial charge in [0.05, 0.1) is 6.10 Å². The minimum atomic E-state index is 0. The zero-order valence-corrected chi connectivity index (χ0v) is 21.8. The van der Waals surface area contributed by atoms with E-state index >= 15 is 0 Å². The molecule has 176 valence electrons. The average molecular weight is 544 g/mol. The van der Waals surface area contributed by atoms with Crippen molar-refractivity contribution in [2.45, 2.75) is 83.3 Å². The highest BCUT2D eigenvalue weighted by molar-refractivity contribution is 14.0. The molecule has 0 amide bonds. The fourth-order valence-electron chi connectivity index (χ4n) is 4.44. The summed E-state index contributed by atoms with van der Waals surface area (Å²) < 4.78 is 6.01. The maximum absolute atomic E-state index is 6.01. The fraction of sp³-hybridized carbons (Fsp3) is 0.750. The second-order valence-electron chi connectivity index (χ2n) is 8.73. The van der Waals surface area contributed by atoms with Crippen molar-refractivity contribution in [2.24, 2.45) is 4.99 Å². The number of hydrogen-bond acceptors (Lipinski definition) is 4. The summed E-state index contributed by atoms with van der Waals surface area (Å²) in [6.45, 7) is 6.01. The minimum Gasteiger partial charge on any atom is -0.378 e. The standard InChI is InChI=1S/C24H41N5O.HI/c1-20-10-9-13-23(27-20)29-17-14-21(15-18-29)28-24(25-2)26-16-7-4-8-19-30-22-11-5-3-6-12-22;/h9-10,13,21-22H,3-8,11-12,14-19H2,1-2H3,(H2,25,26,28);1H. The molecule has 31 heavy (non-hydrogen) atoms. The number of guanidine groups is 1. The van der Waals surface area contributed by atoms with Crippen LogP contribution >= 0.6 is 24.0 Å². The van der Waals surface area contributed by atoms with E-state index in [4.69, 9.17) is 4.74 Å².